The van der Waals surface area contributed by atoms with Crippen molar-refractivity contribution in [1.29, 1.82) is 0 Å². The molecule has 162 valence electrons. The third-order valence-electron chi connectivity index (χ3n) is 5.86. The van der Waals surface area contributed by atoms with Gasteiger partial charge in [0.25, 0.3) is 0 Å². The average molecular weight is 442 g/mol. The van der Waals surface area contributed by atoms with Crippen LogP contribution in [0.5, 0.6) is 17.2 Å². The summed E-state index contributed by atoms with van der Waals surface area (Å²) in [7, 11) is 3.08. The van der Waals surface area contributed by atoms with Gasteiger partial charge in [0.15, 0.2) is 5.78 Å². The van der Waals surface area contributed by atoms with E-state index in [2.05, 4.69) is 0 Å². The Bertz CT molecular complexity index is 1020. The second-order valence-corrected chi connectivity index (χ2v) is 8.23. The van der Waals surface area contributed by atoms with Crippen molar-refractivity contribution in [2.75, 3.05) is 27.3 Å². The van der Waals surface area contributed by atoms with Gasteiger partial charge in [-0.25, -0.2) is 0 Å². The van der Waals surface area contributed by atoms with E-state index in [0.29, 0.717) is 53.8 Å². The lowest BCUT2D eigenvalue weighted by atomic mass is 9.82. The van der Waals surface area contributed by atoms with Crippen LogP contribution in [0.15, 0.2) is 42.5 Å². The largest absolute Gasteiger partial charge is 0.496 e. The zero-order chi connectivity index (χ0) is 22.0. The summed E-state index contributed by atoms with van der Waals surface area (Å²) >= 11 is 5.89. The highest BCUT2D eigenvalue weighted by molar-refractivity contribution is 6.30. The van der Waals surface area contributed by atoms with Crippen LogP contribution in [0.1, 0.15) is 35.2 Å². The number of ketones is 1. The number of carbonyl (C=O) groups is 2. The molecule has 0 unspecified atom stereocenters. The van der Waals surface area contributed by atoms with Crippen LogP contribution < -0.4 is 14.2 Å². The number of fused-ring (bicyclic) bond motifs is 1. The number of nitrogens with zero attached hydrogens (tertiary/aromatic N) is 1. The summed E-state index contributed by atoms with van der Waals surface area (Å²) < 4.78 is 17.0. The van der Waals surface area contributed by atoms with Gasteiger partial charge in [0, 0.05) is 49.2 Å². The highest BCUT2D eigenvalue weighted by Gasteiger charge is 2.44. The van der Waals surface area contributed by atoms with Gasteiger partial charge in [-0.1, -0.05) is 23.7 Å². The van der Waals surface area contributed by atoms with Gasteiger partial charge in [0.1, 0.15) is 28.4 Å². The monoisotopic (exact) mass is 441 g/mol. The van der Waals surface area contributed by atoms with E-state index < -0.39 is 5.60 Å². The van der Waals surface area contributed by atoms with Crippen LogP contribution in [-0.4, -0.2) is 49.5 Å². The van der Waals surface area contributed by atoms with Gasteiger partial charge in [-0.3, -0.25) is 9.59 Å². The first-order chi connectivity index (χ1) is 14.9. The molecule has 0 saturated carbocycles. The van der Waals surface area contributed by atoms with Gasteiger partial charge < -0.3 is 19.1 Å². The number of likely N-dealkylation sites (tertiary alicyclic amines) is 1. The van der Waals surface area contributed by atoms with Crippen molar-refractivity contribution in [3.8, 4) is 17.2 Å². The van der Waals surface area contributed by atoms with Crippen molar-refractivity contribution in [1.82, 2.24) is 4.90 Å². The van der Waals surface area contributed by atoms with Crippen molar-refractivity contribution in [3.63, 3.8) is 0 Å². The summed E-state index contributed by atoms with van der Waals surface area (Å²) in [5.74, 6) is 1.43. The lowest BCUT2D eigenvalue weighted by molar-refractivity contribution is -0.129. The normalized spacial score (nSPS) is 17.4. The summed E-state index contributed by atoms with van der Waals surface area (Å²) in [6, 6.07) is 10.7. The molecule has 4 rings (SSSR count). The van der Waals surface area contributed by atoms with Crippen molar-refractivity contribution >= 4 is 29.4 Å². The fourth-order valence-electron chi connectivity index (χ4n) is 4.11. The molecule has 6 nitrogen and oxygen atoms in total. The Morgan fingerprint density at radius 1 is 1.13 bits per heavy atom. The Morgan fingerprint density at radius 2 is 1.84 bits per heavy atom. The molecular weight excluding hydrogens is 418 g/mol. The number of carbonyl (C=O) groups excluding carboxylic acids is 2. The third kappa shape index (κ3) is 4.39. The molecule has 0 bridgehead atoms. The number of benzene rings is 2. The highest BCUT2D eigenvalue weighted by atomic mass is 35.5. The van der Waals surface area contributed by atoms with Crippen molar-refractivity contribution in [2.45, 2.75) is 24.9 Å². The number of ether oxygens (including phenoxy) is 3. The zero-order valence-corrected chi connectivity index (χ0v) is 18.3. The van der Waals surface area contributed by atoms with Crippen LogP contribution in [-0.2, 0) is 4.79 Å². The number of methoxy groups -OCH3 is 2. The van der Waals surface area contributed by atoms with E-state index in [1.54, 1.807) is 48.4 Å². The predicted octanol–water partition coefficient (Wildman–Crippen LogP) is 4.40. The molecule has 0 N–H and O–H groups in total. The number of hydrogen-bond donors (Lipinski definition) is 0. The predicted molar refractivity (Wildman–Crippen MR) is 118 cm³/mol. The average Bonchev–Trinajstić information content (AvgIpc) is 2.78. The Kier molecular flexibility index (Phi) is 5.92. The van der Waals surface area contributed by atoms with Crippen molar-refractivity contribution in [2.24, 2.45) is 0 Å². The lowest BCUT2D eigenvalue weighted by Gasteiger charge is -2.44. The molecule has 0 aromatic heterocycles. The van der Waals surface area contributed by atoms with E-state index in [9.17, 15) is 9.59 Å². The minimum absolute atomic E-state index is 0.0110. The molecule has 1 saturated heterocycles. The van der Waals surface area contributed by atoms with Crippen LogP contribution in [0, 0.1) is 0 Å². The quantitative estimate of drug-likeness (QED) is 0.658. The summed E-state index contributed by atoms with van der Waals surface area (Å²) in [5.41, 5.74) is 0.753. The fourth-order valence-corrected chi connectivity index (χ4v) is 4.24. The molecule has 2 aromatic rings. The molecule has 1 amide bonds. The molecule has 0 atom stereocenters. The Labute approximate surface area is 186 Å². The molecule has 7 heteroatoms. The Balaban J connectivity index is 1.45. The van der Waals surface area contributed by atoms with Gasteiger partial charge in [-0.2, -0.15) is 0 Å². The first-order valence-electron chi connectivity index (χ1n) is 10.1. The zero-order valence-electron chi connectivity index (χ0n) is 17.5. The van der Waals surface area contributed by atoms with Gasteiger partial charge in [0.2, 0.25) is 5.91 Å². The van der Waals surface area contributed by atoms with E-state index in [1.165, 1.54) is 7.11 Å². The summed E-state index contributed by atoms with van der Waals surface area (Å²) in [6.45, 7) is 1.04. The molecule has 2 heterocycles. The van der Waals surface area contributed by atoms with Crippen LogP contribution >= 0.6 is 11.6 Å². The lowest BCUT2D eigenvalue weighted by Crippen LogP contribution is -2.52. The van der Waals surface area contributed by atoms with Gasteiger partial charge >= 0.3 is 0 Å². The number of piperidine rings is 1. The first kappa shape index (κ1) is 21.2. The smallest absolute Gasteiger partial charge is 0.246 e. The summed E-state index contributed by atoms with van der Waals surface area (Å²) in [5, 5.41) is 0.656. The minimum Gasteiger partial charge on any atom is -0.496 e. The number of Topliss-reactive ketones (excluding diaryl/α,β-unsaturated/α-hetero) is 1. The second kappa shape index (κ2) is 8.63. The third-order valence-corrected chi connectivity index (χ3v) is 6.11. The van der Waals surface area contributed by atoms with E-state index >= 15 is 0 Å². The van der Waals surface area contributed by atoms with Gasteiger partial charge in [0.05, 0.1) is 20.6 Å². The van der Waals surface area contributed by atoms with Gasteiger partial charge in [-0.15, -0.1) is 0 Å². The number of hydrogen-bond acceptors (Lipinski definition) is 5. The maximum atomic E-state index is 12.9. The molecular formula is C24H24ClNO5. The number of rotatable bonds is 4. The van der Waals surface area contributed by atoms with Gasteiger partial charge in [-0.05, 0) is 23.8 Å². The molecule has 0 radical (unpaired) electrons. The van der Waals surface area contributed by atoms with Crippen LogP contribution in [0.4, 0.5) is 0 Å². The second-order valence-electron chi connectivity index (χ2n) is 7.80. The standard InChI is InChI=1S/C24H24ClNO5/c1-29-18-13-20(30-2)23-19(27)15-24(31-21(23)14-18)9-11-26(12-10-24)22(28)8-5-16-3-6-17(25)7-4-16/h3-8,13-14H,9-12,15H2,1-2H3/b8-5+. The van der Waals surface area contributed by atoms with Crippen LogP contribution in [0.2, 0.25) is 5.02 Å². The maximum absolute atomic E-state index is 12.9. The fraction of sp³-hybridized carbons (Fsp3) is 0.333. The van der Waals surface area contributed by atoms with E-state index in [-0.39, 0.29) is 18.1 Å². The van der Waals surface area contributed by atoms with E-state index in [1.807, 2.05) is 12.1 Å². The highest BCUT2D eigenvalue weighted by Crippen LogP contribution is 2.44. The molecule has 1 fully saturated rings. The molecule has 2 aromatic carbocycles. The van der Waals surface area contributed by atoms with Crippen molar-refractivity contribution in [3.05, 3.63) is 58.6 Å². The molecule has 2 aliphatic heterocycles. The molecule has 2 aliphatic rings. The Hall–Kier alpha value is -2.99. The summed E-state index contributed by atoms with van der Waals surface area (Å²) in [4.78, 5) is 27.3. The number of amides is 1. The molecule has 31 heavy (non-hydrogen) atoms. The topological polar surface area (TPSA) is 65.1 Å². The van der Waals surface area contributed by atoms with Crippen molar-refractivity contribution < 1.29 is 23.8 Å². The Morgan fingerprint density at radius 3 is 2.48 bits per heavy atom. The summed E-state index contributed by atoms with van der Waals surface area (Å²) in [6.07, 6.45) is 4.78. The molecule has 1 spiro atoms. The van der Waals surface area contributed by atoms with E-state index in [0.717, 1.165) is 5.56 Å². The van der Waals surface area contributed by atoms with E-state index in [4.69, 9.17) is 25.8 Å². The SMILES string of the molecule is COc1cc(OC)c2c(c1)OC1(CCN(C(=O)/C=C/c3ccc(Cl)cc3)CC1)CC2=O. The number of halogens is 1. The molecule has 0 aliphatic carbocycles. The maximum Gasteiger partial charge on any atom is 0.246 e. The first-order valence-corrected chi connectivity index (χ1v) is 10.5. The minimum atomic E-state index is -0.613. The van der Waals surface area contributed by atoms with Crippen LogP contribution in [0.25, 0.3) is 6.08 Å². The van der Waals surface area contributed by atoms with Crippen LogP contribution in [0.3, 0.4) is 0 Å².